The molecule has 0 unspecified atom stereocenters. The van der Waals surface area contributed by atoms with Crippen molar-refractivity contribution in [1.82, 2.24) is 19.7 Å². The maximum Gasteiger partial charge on any atom is 0.278 e. The number of aryl methyl sites for hydroxylation is 1. The lowest BCUT2D eigenvalue weighted by molar-refractivity contribution is 0.835. The summed E-state index contributed by atoms with van der Waals surface area (Å²) in [5.41, 5.74) is 3.50. The zero-order valence-corrected chi connectivity index (χ0v) is 15.9. The Bertz CT molecular complexity index is 1240. The van der Waals surface area contributed by atoms with Crippen molar-refractivity contribution in [2.24, 2.45) is 0 Å². The highest BCUT2D eigenvalue weighted by molar-refractivity contribution is 9.10. The maximum atomic E-state index is 12.9. The number of aromatic amines is 2. The number of fused-ring (bicyclic) bond motifs is 1. The number of benzene rings is 2. The molecule has 4 aromatic rings. The fourth-order valence-electron chi connectivity index (χ4n) is 2.88. The molecule has 0 amide bonds. The maximum absolute atomic E-state index is 12.9. The summed E-state index contributed by atoms with van der Waals surface area (Å²) in [6.07, 6.45) is 1.57. The first-order valence-corrected chi connectivity index (χ1v) is 9.00. The van der Waals surface area contributed by atoms with E-state index in [9.17, 15) is 10.1 Å². The van der Waals surface area contributed by atoms with Gasteiger partial charge in [-0.25, -0.2) is 9.67 Å². The quantitative estimate of drug-likeness (QED) is 0.488. The summed E-state index contributed by atoms with van der Waals surface area (Å²) >= 11 is 3.39. The highest BCUT2D eigenvalue weighted by Gasteiger charge is 2.14. The van der Waals surface area contributed by atoms with Gasteiger partial charge in [0.15, 0.2) is 0 Å². The fraction of sp³-hybridized carbons (Fsp3) is 0.0500. The lowest BCUT2D eigenvalue weighted by Gasteiger charge is -2.00. The van der Waals surface area contributed by atoms with E-state index >= 15 is 0 Å². The van der Waals surface area contributed by atoms with Crippen molar-refractivity contribution in [3.05, 3.63) is 80.4 Å². The zero-order chi connectivity index (χ0) is 19.0. The first-order chi connectivity index (χ1) is 13.1. The number of H-pyrrole nitrogens is 2. The lowest BCUT2D eigenvalue weighted by Crippen LogP contribution is -2.15. The predicted octanol–water partition coefficient (Wildman–Crippen LogP) is 4.18. The monoisotopic (exact) mass is 419 g/mol. The molecule has 6 nitrogen and oxygen atoms in total. The third-order valence-electron chi connectivity index (χ3n) is 4.26. The van der Waals surface area contributed by atoms with Crippen LogP contribution in [0.25, 0.3) is 28.4 Å². The Kier molecular flexibility index (Phi) is 4.26. The van der Waals surface area contributed by atoms with Crippen LogP contribution < -0.4 is 5.56 Å². The van der Waals surface area contributed by atoms with Crippen LogP contribution in [-0.4, -0.2) is 19.7 Å². The molecule has 0 atom stereocenters. The summed E-state index contributed by atoms with van der Waals surface area (Å²) in [6, 6.07) is 17.1. The Hall–Kier alpha value is -3.37. The number of nitrogens with one attached hydrogen (secondary N) is 2. The molecule has 0 aliphatic carbocycles. The number of allylic oxidation sites excluding steroid dienone is 1. The van der Waals surface area contributed by atoms with Crippen LogP contribution in [0.15, 0.2) is 57.8 Å². The molecule has 0 fully saturated rings. The number of nitriles is 1. The average molecular weight is 420 g/mol. The highest BCUT2D eigenvalue weighted by atomic mass is 79.9. The third kappa shape index (κ3) is 3.11. The van der Waals surface area contributed by atoms with Crippen LogP contribution in [-0.2, 0) is 0 Å². The van der Waals surface area contributed by atoms with Gasteiger partial charge in [-0.1, -0.05) is 28.1 Å². The van der Waals surface area contributed by atoms with E-state index in [2.05, 4.69) is 37.1 Å². The summed E-state index contributed by atoms with van der Waals surface area (Å²) in [7, 11) is 0. The standard InChI is InChI=1S/C20H14BrN5O/c1-12-16(20(27)26(25-12)15-8-6-14(21)7-9-15)10-13(11-22)19-23-17-4-2-3-5-18(17)24-19/h2-10,25H,1H3,(H,23,24)/b13-10+. The summed E-state index contributed by atoms with van der Waals surface area (Å²) in [5.74, 6) is 0.439. The first-order valence-electron chi connectivity index (χ1n) is 8.21. The van der Waals surface area contributed by atoms with Gasteiger partial charge in [-0.2, -0.15) is 5.26 Å². The van der Waals surface area contributed by atoms with Gasteiger partial charge in [-0.05, 0) is 49.4 Å². The Morgan fingerprint density at radius 2 is 1.96 bits per heavy atom. The minimum Gasteiger partial charge on any atom is -0.337 e. The van der Waals surface area contributed by atoms with Crippen LogP contribution in [0.2, 0.25) is 0 Å². The van der Waals surface area contributed by atoms with Crippen molar-refractivity contribution in [2.75, 3.05) is 0 Å². The van der Waals surface area contributed by atoms with Gasteiger partial charge in [0.2, 0.25) is 0 Å². The minimum absolute atomic E-state index is 0.223. The molecule has 132 valence electrons. The van der Waals surface area contributed by atoms with E-state index in [1.54, 1.807) is 13.0 Å². The SMILES string of the molecule is Cc1[nH]n(-c2ccc(Br)cc2)c(=O)c1/C=C(\C#N)c1nc2ccccc2[nH]1. The van der Waals surface area contributed by atoms with E-state index in [-0.39, 0.29) is 5.56 Å². The summed E-state index contributed by atoms with van der Waals surface area (Å²) in [5, 5.41) is 12.7. The van der Waals surface area contributed by atoms with Gasteiger partial charge in [-0.15, -0.1) is 0 Å². The lowest BCUT2D eigenvalue weighted by atomic mass is 10.1. The Balaban J connectivity index is 1.81. The van der Waals surface area contributed by atoms with Crippen molar-refractivity contribution in [3.8, 4) is 11.8 Å². The average Bonchev–Trinajstić information content (AvgIpc) is 3.22. The number of nitrogens with zero attached hydrogens (tertiary/aromatic N) is 3. The number of aromatic nitrogens is 4. The van der Waals surface area contributed by atoms with Crippen molar-refractivity contribution in [3.63, 3.8) is 0 Å². The molecule has 0 saturated carbocycles. The topological polar surface area (TPSA) is 90.3 Å². The fourth-order valence-corrected chi connectivity index (χ4v) is 3.14. The van der Waals surface area contributed by atoms with E-state index in [1.165, 1.54) is 4.68 Å². The van der Waals surface area contributed by atoms with Crippen LogP contribution in [0.4, 0.5) is 0 Å². The van der Waals surface area contributed by atoms with Crippen LogP contribution in [0.1, 0.15) is 17.1 Å². The summed E-state index contributed by atoms with van der Waals surface area (Å²) in [6.45, 7) is 1.80. The van der Waals surface area contributed by atoms with Gasteiger partial charge in [0.05, 0.1) is 27.9 Å². The number of hydrogen-bond donors (Lipinski definition) is 2. The van der Waals surface area contributed by atoms with Crippen molar-refractivity contribution < 1.29 is 0 Å². The number of rotatable bonds is 3. The molecule has 2 aromatic heterocycles. The van der Waals surface area contributed by atoms with Crippen molar-refractivity contribution in [2.45, 2.75) is 6.92 Å². The van der Waals surface area contributed by atoms with E-state index < -0.39 is 0 Å². The number of imidazole rings is 1. The summed E-state index contributed by atoms with van der Waals surface area (Å²) < 4.78 is 2.39. The molecule has 27 heavy (non-hydrogen) atoms. The van der Waals surface area contributed by atoms with Crippen LogP contribution in [0, 0.1) is 18.3 Å². The van der Waals surface area contributed by atoms with Gasteiger partial charge in [-0.3, -0.25) is 9.89 Å². The largest absolute Gasteiger partial charge is 0.337 e. The number of para-hydroxylation sites is 2. The molecular formula is C20H14BrN5O. The molecule has 2 N–H and O–H groups in total. The molecule has 0 saturated heterocycles. The van der Waals surface area contributed by atoms with Gasteiger partial charge >= 0.3 is 0 Å². The molecule has 0 radical (unpaired) electrons. The molecular weight excluding hydrogens is 406 g/mol. The molecule has 2 heterocycles. The second-order valence-electron chi connectivity index (χ2n) is 6.04. The molecule has 7 heteroatoms. The first kappa shape index (κ1) is 17.1. The van der Waals surface area contributed by atoms with Crippen molar-refractivity contribution >= 4 is 38.6 Å². The van der Waals surface area contributed by atoms with Crippen LogP contribution >= 0.6 is 15.9 Å². The van der Waals surface area contributed by atoms with Gasteiger partial charge in [0, 0.05) is 10.2 Å². The Morgan fingerprint density at radius 3 is 2.67 bits per heavy atom. The van der Waals surface area contributed by atoms with Gasteiger partial charge in [0.1, 0.15) is 11.9 Å². The minimum atomic E-state index is -0.223. The molecule has 0 aliphatic heterocycles. The Labute approximate surface area is 162 Å². The van der Waals surface area contributed by atoms with Crippen LogP contribution in [0.5, 0.6) is 0 Å². The van der Waals surface area contributed by atoms with E-state index in [1.807, 2.05) is 48.5 Å². The second kappa shape index (κ2) is 6.74. The predicted molar refractivity (Wildman–Crippen MR) is 108 cm³/mol. The normalized spacial score (nSPS) is 11.7. The number of hydrogen-bond acceptors (Lipinski definition) is 3. The molecule has 2 aromatic carbocycles. The molecule has 0 spiro atoms. The van der Waals surface area contributed by atoms with E-state index in [0.717, 1.165) is 15.5 Å². The third-order valence-corrected chi connectivity index (χ3v) is 4.78. The van der Waals surface area contributed by atoms with Crippen LogP contribution in [0.3, 0.4) is 0 Å². The van der Waals surface area contributed by atoms with Gasteiger partial charge < -0.3 is 4.98 Å². The van der Waals surface area contributed by atoms with Gasteiger partial charge in [0.25, 0.3) is 5.56 Å². The van der Waals surface area contributed by atoms with E-state index in [4.69, 9.17) is 0 Å². The zero-order valence-electron chi connectivity index (χ0n) is 14.3. The molecule has 0 aliphatic rings. The molecule has 4 rings (SSSR count). The molecule has 0 bridgehead atoms. The summed E-state index contributed by atoms with van der Waals surface area (Å²) in [4.78, 5) is 20.4. The van der Waals surface area contributed by atoms with E-state index in [0.29, 0.717) is 28.3 Å². The van der Waals surface area contributed by atoms with Crippen molar-refractivity contribution in [1.29, 1.82) is 5.26 Å². The number of halogens is 1. The second-order valence-corrected chi connectivity index (χ2v) is 6.96. The highest BCUT2D eigenvalue weighted by Crippen LogP contribution is 2.20. The smallest absolute Gasteiger partial charge is 0.278 e. The Morgan fingerprint density at radius 1 is 1.22 bits per heavy atom.